The number of benzene rings is 2. The summed E-state index contributed by atoms with van der Waals surface area (Å²) < 4.78 is 43.2. The molecule has 2 aliphatic rings. The number of fused-ring (bicyclic) bond motifs is 1. The molecule has 1 aliphatic heterocycles. The van der Waals surface area contributed by atoms with Gasteiger partial charge in [-0.25, -0.2) is 17.5 Å². The lowest BCUT2D eigenvalue weighted by Gasteiger charge is -2.35. The van der Waals surface area contributed by atoms with E-state index in [9.17, 15) is 12.8 Å². The lowest BCUT2D eigenvalue weighted by molar-refractivity contribution is 0.145. The second-order valence-electron chi connectivity index (χ2n) is 9.27. The Hall–Kier alpha value is -2.55. The van der Waals surface area contributed by atoms with E-state index in [0.29, 0.717) is 5.92 Å². The first-order valence-electron chi connectivity index (χ1n) is 11.4. The van der Waals surface area contributed by atoms with Crippen molar-refractivity contribution in [2.75, 3.05) is 19.6 Å². The second-order valence-corrected chi connectivity index (χ2v) is 11.0. The summed E-state index contributed by atoms with van der Waals surface area (Å²) in [5, 5.41) is 3.95. The van der Waals surface area contributed by atoms with Crippen molar-refractivity contribution < 1.29 is 12.8 Å². The number of sulfonamides is 1. The smallest absolute Gasteiger partial charge is 0.243 e. The highest BCUT2D eigenvalue weighted by Crippen LogP contribution is 2.41. The maximum atomic E-state index is 13.8. The third-order valence-electron chi connectivity index (χ3n) is 6.90. The van der Waals surface area contributed by atoms with Crippen molar-refractivity contribution in [3.63, 3.8) is 0 Å². The van der Waals surface area contributed by atoms with Crippen LogP contribution < -0.4 is 4.72 Å². The van der Waals surface area contributed by atoms with E-state index in [-0.39, 0.29) is 23.2 Å². The van der Waals surface area contributed by atoms with Crippen LogP contribution in [0.4, 0.5) is 4.39 Å². The monoisotopic (exact) mass is 468 g/mol. The van der Waals surface area contributed by atoms with E-state index in [2.05, 4.69) is 26.9 Å². The van der Waals surface area contributed by atoms with E-state index in [1.807, 2.05) is 12.1 Å². The largest absolute Gasteiger partial charge is 0.303 e. The summed E-state index contributed by atoms with van der Waals surface area (Å²) in [6.45, 7) is 3.58. The van der Waals surface area contributed by atoms with Gasteiger partial charge < -0.3 is 4.90 Å². The lowest BCUT2D eigenvalue weighted by Crippen LogP contribution is -2.41. The van der Waals surface area contributed by atoms with Crippen LogP contribution in [0.2, 0.25) is 0 Å². The van der Waals surface area contributed by atoms with Crippen molar-refractivity contribution in [3.8, 4) is 0 Å². The summed E-state index contributed by atoms with van der Waals surface area (Å²) >= 11 is 0. The second kappa shape index (κ2) is 9.00. The number of hydrogen-bond donors (Lipinski definition) is 1. The minimum absolute atomic E-state index is 0.157. The molecule has 2 atom stereocenters. The highest BCUT2D eigenvalue weighted by molar-refractivity contribution is 7.89. The highest BCUT2D eigenvalue weighted by Gasteiger charge is 2.34. The standard InChI is InChI=1S/C25H29FN4O2S/c1-29-17-23(15-27-29)33(31,32)28-14-19-6-7-20-13-21(16-30-8-3-9-30)25(24(20)12-19)11-18-4-2-5-22(26)10-18/h2,4-7,10,12,15,17,21,25,28H,3,8-9,11,13-14,16H2,1H3. The molecule has 0 spiro atoms. The van der Waals surface area contributed by atoms with Crippen LogP contribution in [-0.2, 0) is 36.5 Å². The molecule has 0 radical (unpaired) electrons. The Labute approximate surface area is 194 Å². The first-order chi connectivity index (χ1) is 15.9. The van der Waals surface area contributed by atoms with Crippen molar-refractivity contribution in [1.29, 1.82) is 0 Å². The van der Waals surface area contributed by atoms with Crippen molar-refractivity contribution >= 4 is 10.0 Å². The maximum Gasteiger partial charge on any atom is 0.243 e. The van der Waals surface area contributed by atoms with Crippen LogP contribution in [0.3, 0.4) is 0 Å². The van der Waals surface area contributed by atoms with Crippen LogP contribution >= 0.6 is 0 Å². The number of rotatable bonds is 8. The molecule has 6 nitrogen and oxygen atoms in total. The predicted octanol–water partition coefficient (Wildman–Crippen LogP) is 3.24. The van der Waals surface area contributed by atoms with Crippen LogP contribution in [0.1, 0.15) is 34.6 Å². The third-order valence-corrected chi connectivity index (χ3v) is 8.26. The van der Waals surface area contributed by atoms with Crippen molar-refractivity contribution in [3.05, 3.63) is 82.9 Å². The molecule has 8 heteroatoms. The summed E-state index contributed by atoms with van der Waals surface area (Å²) in [7, 11) is -1.93. The fourth-order valence-electron chi connectivity index (χ4n) is 5.05. The molecule has 1 fully saturated rings. The number of aryl methyl sites for hydroxylation is 1. The maximum absolute atomic E-state index is 13.8. The van der Waals surface area contributed by atoms with Gasteiger partial charge in [0.2, 0.25) is 10.0 Å². The Morgan fingerprint density at radius 1 is 1.15 bits per heavy atom. The predicted molar refractivity (Wildman–Crippen MR) is 125 cm³/mol. The molecule has 0 saturated carbocycles. The fourth-order valence-corrected chi connectivity index (χ4v) is 6.05. The molecular formula is C25H29FN4O2S. The van der Waals surface area contributed by atoms with Gasteiger partial charge in [-0.05, 0) is 78.6 Å². The van der Waals surface area contributed by atoms with Crippen LogP contribution in [0.5, 0.6) is 0 Å². The Balaban J connectivity index is 1.37. The summed E-state index contributed by atoms with van der Waals surface area (Å²) in [6.07, 6.45) is 5.89. The zero-order valence-electron chi connectivity index (χ0n) is 18.7. The van der Waals surface area contributed by atoms with Gasteiger partial charge in [0, 0.05) is 26.3 Å². The third kappa shape index (κ3) is 4.88. The van der Waals surface area contributed by atoms with E-state index in [0.717, 1.165) is 43.6 Å². The van der Waals surface area contributed by atoms with Gasteiger partial charge in [0.05, 0.1) is 6.20 Å². The normalized spacial score (nSPS) is 20.5. The number of aromatic nitrogens is 2. The molecule has 2 aromatic carbocycles. The van der Waals surface area contributed by atoms with Crippen LogP contribution in [0.15, 0.2) is 59.8 Å². The van der Waals surface area contributed by atoms with Gasteiger partial charge in [0.25, 0.3) is 0 Å². The van der Waals surface area contributed by atoms with Gasteiger partial charge in [-0.2, -0.15) is 5.10 Å². The van der Waals surface area contributed by atoms with Crippen LogP contribution in [-0.4, -0.2) is 42.7 Å². The topological polar surface area (TPSA) is 67.2 Å². The average Bonchev–Trinajstić information content (AvgIpc) is 3.34. The number of nitrogens with zero attached hydrogens (tertiary/aromatic N) is 3. The first kappa shape index (κ1) is 22.3. The van der Waals surface area contributed by atoms with Gasteiger partial charge in [-0.1, -0.05) is 30.3 Å². The number of likely N-dealkylation sites (tertiary alicyclic amines) is 1. The molecule has 1 aromatic heterocycles. The van der Waals surface area contributed by atoms with Gasteiger partial charge in [-0.15, -0.1) is 0 Å². The molecule has 2 unspecified atom stereocenters. The minimum Gasteiger partial charge on any atom is -0.303 e. The molecule has 1 N–H and O–H groups in total. The molecule has 1 saturated heterocycles. The molecule has 3 aromatic rings. The molecule has 33 heavy (non-hydrogen) atoms. The first-order valence-corrected chi connectivity index (χ1v) is 12.9. The van der Waals surface area contributed by atoms with Gasteiger partial charge in [0.15, 0.2) is 0 Å². The molecule has 5 rings (SSSR count). The lowest BCUT2D eigenvalue weighted by atomic mass is 9.85. The van der Waals surface area contributed by atoms with Crippen molar-refractivity contribution in [2.24, 2.45) is 13.0 Å². The molecule has 2 heterocycles. The van der Waals surface area contributed by atoms with E-state index < -0.39 is 10.0 Å². The number of halogens is 1. The Bertz CT molecular complexity index is 1250. The van der Waals surface area contributed by atoms with E-state index >= 15 is 0 Å². The molecule has 0 bridgehead atoms. The Morgan fingerprint density at radius 2 is 2.00 bits per heavy atom. The zero-order chi connectivity index (χ0) is 23.0. The molecule has 0 amide bonds. The summed E-state index contributed by atoms with van der Waals surface area (Å²) in [5.74, 6) is 0.562. The molecule has 1 aliphatic carbocycles. The Kier molecular flexibility index (Phi) is 6.07. The van der Waals surface area contributed by atoms with Crippen molar-refractivity contribution in [2.45, 2.75) is 36.6 Å². The highest BCUT2D eigenvalue weighted by atomic mass is 32.2. The van der Waals surface area contributed by atoms with E-state index in [1.54, 1.807) is 19.2 Å². The van der Waals surface area contributed by atoms with Gasteiger partial charge in [0.1, 0.15) is 10.7 Å². The van der Waals surface area contributed by atoms with Crippen LogP contribution in [0.25, 0.3) is 0 Å². The number of nitrogens with one attached hydrogen (secondary N) is 1. The summed E-state index contributed by atoms with van der Waals surface area (Å²) in [5.41, 5.74) is 4.52. The van der Waals surface area contributed by atoms with Gasteiger partial charge in [-0.3, -0.25) is 4.68 Å². The fraction of sp³-hybridized carbons (Fsp3) is 0.400. The summed E-state index contributed by atoms with van der Waals surface area (Å²) in [4.78, 5) is 2.66. The number of hydrogen-bond acceptors (Lipinski definition) is 4. The Morgan fingerprint density at radius 3 is 2.70 bits per heavy atom. The van der Waals surface area contributed by atoms with Crippen LogP contribution in [0, 0.1) is 11.7 Å². The SMILES string of the molecule is Cn1cc(S(=O)(=O)NCc2ccc3c(c2)C(Cc2cccc(F)c2)C(CN2CCC2)C3)cn1. The summed E-state index contributed by atoms with van der Waals surface area (Å²) in [6, 6.07) is 13.2. The van der Waals surface area contributed by atoms with Crippen molar-refractivity contribution in [1.82, 2.24) is 19.4 Å². The molecule has 174 valence electrons. The average molecular weight is 469 g/mol. The minimum atomic E-state index is -3.62. The van der Waals surface area contributed by atoms with E-state index in [4.69, 9.17) is 0 Å². The molecular weight excluding hydrogens is 439 g/mol. The zero-order valence-corrected chi connectivity index (χ0v) is 19.6. The van der Waals surface area contributed by atoms with E-state index in [1.165, 1.54) is 40.7 Å². The quantitative estimate of drug-likeness (QED) is 0.551. The van der Waals surface area contributed by atoms with Gasteiger partial charge >= 0.3 is 0 Å².